The second-order valence-electron chi connectivity index (χ2n) is 5.10. The number of aromatic nitrogens is 1. The smallest absolute Gasteiger partial charge is 0.298 e. The van der Waals surface area contributed by atoms with Crippen molar-refractivity contribution in [1.82, 2.24) is 10.3 Å². The molecule has 6 heteroatoms. The van der Waals surface area contributed by atoms with Gasteiger partial charge in [0.05, 0.1) is 0 Å². The Bertz CT molecular complexity index is 629. The van der Waals surface area contributed by atoms with Gasteiger partial charge in [-0.25, -0.2) is 0 Å². The fraction of sp³-hybridized carbons (Fsp3) is 0.429. The molecule has 0 bridgehead atoms. The second-order valence-corrected chi connectivity index (χ2v) is 5.10. The van der Waals surface area contributed by atoms with E-state index in [2.05, 4.69) is 15.2 Å². The highest BCUT2D eigenvalue weighted by molar-refractivity contribution is 5.79. The summed E-state index contributed by atoms with van der Waals surface area (Å²) in [5.74, 6) is 0.214. The first-order valence-corrected chi connectivity index (χ1v) is 6.80. The number of carbonyl (C=O) groups excluding carboxylic acids is 1. The number of hydrogen-bond donors (Lipinski definition) is 2. The maximum atomic E-state index is 11.6. The van der Waals surface area contributed by atoms with E-state index in [1.807, 2.05) is 12.1 Å². The number of carbonyl (C=O) groups is 1. The predicted octanol–water partition coefficient (Wildman–Crippen LogP) is 1.37. The highest BCUT2D eigenvalue weighted by atomic mass is 16.4. The molecule has 2 aromatic rings. The molecule has 1 fully saturated rings. The lowest BCUT2D eigenvalue weighted by Crippen LogP contribution is -2.39. The Hall–Kier alpha value is -2.24. The molecule has 0 unspecified atom stereocenters. The van der Waals surface area contributed by atoms with Crippen molar-refractivity contribution in [2.24, 2.45) is 5.92 Å². The standard InChI is InChI=1S/C14H18N4O2/c1-16-13(19)9-4-6-18(7-5-9)14-17-11-3-2-10(15)8-12(11)20-14/h2-3,8-9H,4-7,15H2,1H3,(H,16,19). The minimum Gasteiger partial charge on any atom is -0.423 e. The molecule has 1 saturated heterocycles. The summed E-state index contributed by atoms with van der Waals surface area (Å²) >= 11 is 0. The molecular formula is C14H18N4O2. The first kappa shape index (κ1) is 12.8. The number of hydrogen-bond acceptors (Lipinski definition) is 5. The average Bonchev–Trinajstić information content (AvgIpc) is 2.89. The lowest BCUT2D eigenvalue weighted by molar-refractivity contribution is -0.125. The van der Waals surface area contributed by atoms with Crippen LogP contribution in [-0.2, 0) is 4.79 Å². The third-order valence-electron chi connectivity index (χ3n) is 3.78. The van der Waals surface area contributed by atoms with Crippen LogP contribution in [0.25, 0.3) is 11.1 Å². The number of rotatable bonds is 2. The summed E-state index contributed by atoms with van der Waals surface area (Å²) in [7, 11) is 1.68. The summed E-state index contributed by atoms with van der Waals surface area (Å²) in [6.45, 7) is 1.56. The normalized spacial score (nSPS) is 16.6. The van der Waals surface area contributed by atoms with Gasteiger partial charge in [-0.3, -0.25) is 4.79 Å². The Morgan fingerprint density at radius 3 is 2.90 bits per heavy atom. The summed E-state index contributed by atoms with van der Waals surface area (Å²) < 4.78 is 5.74. The lowest BCUT2D eigenvalue weighted by atomic mass is 9.96. The van der Waals surface area contributed by atoms with E-state index in [1.165, 1.54) is 0 Å². The molecule has 0 radical (unpaired) electrons. The fourth-order valence-electron chi connectivity index (χ4n) is 2.60. The number of nitrogens with one attached hydrogen (secondary N) is 1. The highest BCUT2D eigenvalue weighted by Crippen LogP contribution is 2.27. The van der Waals surface area contributed by atoms with Crippen LogP contribution >= 0.6 is 0 Å². The van der Waals surface area contributed by atoms with Crippen LogP contribution in [0, 0.1) is 5.92 Å². The van der Waals surface area contributed by atoms with Crippen molar-refractivity contribution in [3.05, 3.63) is 18.2 Å². The van der Waals surface area contributed by atoms with Crippen LogP contribution in [0.15, 0.2) is 22.6 Å². The van der Waals surface area contributed by atoms with Crippen LogP contribution < -0.4 is 16.0 Å². The van der Waals surface area contributed by atoms with Gasteiger partial charge in [-0.15, -0.1) is 0 Å². The monoisotopic (exact) mass is 274 g/mol. The number of anilines is 2. The van der Waals surface area contributed by atoms with E-state index in [1.54, 1.807) is 13.1 Å². The quantitative estimate of drug-likeness (QED) is 0.808. The van der Waals surface area contributed by atoms with Gasteiger partial charge < -0.3 is 20.4 Å². The van der Waals surface area contributed by atoms with E-state index in [0.29, 0.717) is 17.3 Å². The van der Waals surface area contributed by atoms with Gasteiger partial charge in [0.1, 0.15) is 5.52 Å². The molecule has 0 atom stereocenters. The maximum Gasteiger partial charge on any atom is 0.298 e. The van der Waals surface area contributed by atoms with E-state index in [4.69, 9.17) is 10.2 Å². The van der Waals surface area contributed by atoms with Crippen LogP contribution in [0.5, 0.6) is 0 Å². The van der Waals surface area contributed by atoms with E-state index in [9.17, 15) is 4.79 Å². The number of oxazole rings is 1. The predicted molar refractivity (Wildman–Crippen MR) is 77.4 cm³/mol. The molecule has 1 aliphatic rings. The number of piperidine rings is 1. The van der Waals surface area contributed by atoms with Gasteiger partial charge in [0.25, 0.3) is 6.01 Å². The number of fused-ring (bicyclic) bond motifs is 1. The van der Waals surface area contributed by atoms with Crippen LogP contribution in [0.1, 0.15) is 12.8 Å². The molecule has 1 aliphatic heterocycles. The van der Waals surface area contributed by atoms with Crippen molar-refractivity contribution in [3.8, 4) is 0 Å². The van der Waals surface area contributed by atoms with Crippen molar-refractivity contribution in [2.45, 2.75) is 12.8 Å². The van der Waals surface area contributed by atoms with E-state index in [0.717, 1.165) is 31.4 Å². The minimum atomic E-state index is 0.0938. The van der Waals surface area contributed by atoms with Gasteiger partial charge in [0.15, 0.2) is 5.58 Å². The minimum absolute atomic E-state index is 0.0938. The number of nitrogens with zero attached hydrogens (tertiary/aromatic N) is 2. The molecule has 1 aromatic heterocycles. The molecule has 0 spiro atoms. The molecule has 106 valence electrons. The van der Waals surface area contributed by atoms with Crippen LogP contribution in [0.2, 0.25) is 0 Å². The second kappa shape index (κ2) is 5.03. The Balaban J connectivity index is 1.75. The zero-order valence-corrected chi connectivity index (χ0v) is 11.4. The van der Waals surface area contributed by atoms with E-state index in [-0.39, 0.29) is 11.8 Å². The topological polar surface area (TPSA) is 84.4 Å². The molecule has 3 rings (SSSR count). The van der Waals surface area contributed by atoms with Gasteiger partial charge in [-0.05, 0) is 25.0 Å². The fourth-order valence-corrected chi connectivity index (χ4v) is 2.60. The van der Waals surface area contributed by atoms with Gasteiger partial charge in [-0.2, -0.15) is 4.98 Å². The van der Waals surface area contributed by atoms with Gasteiger partial charge >= 0.3 is 0 Å². The molecule has 0 aliphatic carbocycles. The average molecular weight is 274 g/mol. The molecule has 20 heavy (non-hydrogen) atoms. The number of benzene rings is 1. The maximum absolute atomic E-state index is 11.6. The molecule has 3 N–H and O–H groups in total. The number of nitrogen functional groups attached to an aromatic ring is 1. The molecule has 1 amide bonds. The third kappa shape index (κ3) is 2.29. The summed E-state index contributed by atoms with van der Waals surface area (Å²) in [6, 6.07) is 6.06. The Labute approximate surface area is 116 Å². The van der Waals surface area contributed by atoms with Crippen LogP contribution in [-0.4, -0.2) is 31.0 Å². The largest absolute Gasteiger partial charge is 0.423 e. The molecule has 0 saturated carbocycles. The van der Waals surface area contributed by atoms with E-state index >= 15 is 0 Å². The summed E-state index contributed by atoms with van der Waals surface area (Å²) in [4.78, 5) is 18.2. The molecule has 2 heterocycles. The summed E-state index contributed by atoms with van der Waals surface area (Å²) in [6.07, 6.45) is 1.64. The zero-order chi connectivity index (χ0) is 14.1. The molecule has 6 nitrogen and oxygen atoms in total. The Morgan fingerprint density at radius 1 is 1.45 bits per heavy atom. The van der Waals surface area contributed by atoms with Gasteiger partial charge in [-0.1, -0.05) is 0 Å². The van der Waals surface area contributed by atoms with E-state index < -0.39 is 0 Å². The van der Waals surface area contributed by atoms with Crippen molar-refractivity contribution in [3.63, 3.8) is 0 Å². The zero-order valence-electron chi connectivity index (χ0n) is 11.4. The summed E-state index contributed by atoms with van der Waals surface area (Å²) in [5.41, 5.74) is 7.91. The first-order valence-electron chi connectivity index (χ1n) is 6.80. The van der Waals surface area contributed by atoms with Crippen molar-refractivity contribution >= 4 is 28.7 Å². The first-order chi connectivity index (χ1) is 9.67. The lowest BCUT2D eigenvalue weighted by Gasteiger charge is -2.29. The Morgan fingerprint density at radius 2 is 2.20 bits per heavy atom. The SMILES string of the molecule is CNC(=O)C1CCN(c2nc3ccc(N)cc3o2)CC1. The Kier molecular flexibility index (Phi) is 3.22. The summed E-state index contributed by atoms with van der Waals surface area (Å²) in [5, 5.41) is 2.71. The van der Waals surface area contributed by atoms with Crippen molar-refractivity contribution in [2.75, 3.05) is 30.8 Å². The molecule has 1 aromatic carbocycles. The van der Waals surface area contributed by atoms with Crippen LogP contribution in [0.4, 0.5) is 11.7 Å². The van der Waals surface area contributed by atoms with Crippen molar-refractivity contribution < 1.29 is 9.21 Å². The van der Waals surface area contributed by atoms with Gasteiger partial charge in [0, 0.05) is 37.8 Å². The van der Waals surface area contributed by atoms with Crippen molar-refractivity contribution in [1.29, 1.82) is 0 Å². The molecular weight excluding hydrogens is 256 g/mol. The number of amides is 1. The third-order valence-corrected chi connectivity index (χ3v) is 3.78. The van der Waals surface area contributed by atoms with Gasteiger partial charge in [0.2, 0.25) is 5.91 Å². The number of nitrogens with two attached hydrogens (primary N) is 1. The highest BCUT2D eigenvalue weighted by Gasteiger charge is 2.26. The van der Waals surface area contributed by atoms with Crippen LogP contribution in [0.3, 0.4) is 0 Å².